The van der Waals surface area contributed by atoms with E-state index in [1.165, 1.54) is 24.3 Å². The van der Waals surface area contributed by atoms with Crippen LogP contribution in [-0.4, -0.2) is 28.1 Å². The molecule has 1 amide bonds. The van der Waals surface area contributed by atoms with Crippen LogP contribution in [0.2, 0.25) is 0 Å². The number of ether oxygens (including phenoxy) is 1. The van der Waals surface area contributed by atoms with Crippen molar-refractivity contribution in [2.45, 2.75) is 25.9 Å². The highest BCUT2D eigenvalue weighted by molar-refractivity contribution is 7.13. The number of hydrogen-bond acceptors (Lipinski definition) is 7. The average molecular weight is 407 g/mol. The molecule has 146 valence electrons. The summed E-state index contributed by atoms with van der Waals surface area (Å²) in [4.78, 5) is 29.0. The van der Waals surface area contributed by atoms with Gasteiger partial charge >= 0.3 is 5.97 Å². The molecule has 0 bridgehead atoms. The van der Waals surface area contributed by atoms with Crippen molar-refractivity contribution in [3.05, 3.63) is 53.2 Å². The first-order chi connectivity index (χ1) is 13.4. The highest BCUT2D eigenvalue weighted by Gasteiger charge is 2.19. The number of amides is 1. The van der Waals surface area contributed by atoms with Crippen LogP contribution >= 0.6 is 11.3 Å². The zero-order valence-corrected chi connectivity index (χ0v) is 15.5. The fourth-order valence-corrected chi connectivity index (χ4v) is 2.85. The molecular weight excluding hydrogens is 392 g/mol. The molecule has 10 heteroatoms. The molecule has 3 rings (SSSR count). The number of aromatic nitrogens is 2. The molecule has 0 unspecified atom stereocenters. The van der Waals surface area contributed by atoms with Gasteiger partial charge in [0.15, 0.2) is 17.7 Å². The Balaban J connectivity index is 1.47. The van der Waals surface area contributed by atoms with E-state index in [2.05, 4.69) is 15.5 Å². The van der Waals surface area contributed by atoms with E-state index in [1.807, 2.05) is 17.5 Å². The number of rotatable bonds is 7. The van der Waals surface area contributed by atoms with E-state index in [9.17, 15) is 18.4 Å². The summed E-state index contributed by atoms with van der Waals surface area (Å²) in [6, 6.07) is 6.63. The molecule has 1 aromatic carbocycles. The quantitative estimate of drug-likeness (QED) is 0.602. The van der Waals surface area contributed by atoms with Crippen molar-refractivity contribution in [2.75, 3.05) is 5.32 Å². The van der Waals surface area contributed by atoms with Gasteiger partial charge in [-0.15, -0.1) is 11.3 Å². The molecule has 0 spiro atoms. The second kappa shape index (κ2) is 8.70. The van der Waals surface area contributed by atoms with Crippen LogP contribution in [0.1, 0.15) is 19.2 Å². The maximum Gasteiger partial charge on any atom is 0.307 e. The van der Waals surface area contributed by atoms with Crippen molar-refractivity contribution in [3.63, 3.8) is 0 Å². The Labute approximate surface area is 162 Å². The second-order valence-corrected chi connectivity index (χ2v) is 6.69. The van der Waals surface area contributed by atoms with E-state index in [-0.39, 0.29) is 24.4 Å². The van der Waals surface area contributed by atoms with Crippen molar-refractivity contribution in [1.29, 1.82) is 0 Å². The Hall–Kier alpha value is -3.14. The summed E-state index contributed by atoms with van der Waals surface area (Å²) in [5.74, 6) is -2.71. The van der Waals surface area contributed by atoms with Gasteiger partial charge in [-0.05, 0) is 30.5 Å². The van der Waals surface area contributed by atoms with Gasteiger partial charge in [0.2, 0.25) is 11.7 Å². The molecule has 0 radical (unpaired) electrons. The third-order valence-electron chi connectivity index (χ3n) is 3.62. The number of carbonyl (C=O) groups excluding carboxylic acids is 2. The fourth-order valence-electron chi connectivity index (χ4n) is 2.20. The average Bonchev–Trinajstić information content (AvgIpc) is 3.34. The molecule has 7 nitrogen and oxygen atoms in total. The highest BCUT2D eigenvalue weighted by Crippen LogP contribution is 2.21. The van der Waals surface area contributed by atoms with Gasteiger partial charge in [0.25, 0.3) is 5.91 Å². The maximum atomic E-state index is 13.2. The number of esters is 1. The van der Waals surface area contributed by atoms with Gasteiger partial charge in [0.1, 0.15) is 0 Å². The van der Waals surface area contributed by atoms with Crippen LogP contribution in [0, 0.1) is 11.6 Å². The Morgan fingerprint density at radius 2 is 2.11 bits per heavy atom. The Morgan fingerprint density at radius 3 is 2.82 bits per heavy atom. The third kappa shape index (κ3) is 4.97. The van der Waals surface area contributed by atoms with E-state index >= 15 is 0 Å². The summed E-state index contributed by atoms with van der Waals surface area (Å²) in [5.41, 5.74) is 0.0544. The standard InChI is InChI=1S/C18H15F2N3O4S/c1-10(18(25)21-11-4-5-12(19)13(20)9-11)26-16(24)7-6-15-22-17(23-27-15)14-3-2-8-28-14/h2-5,8-10H,6-7H2,1H3,(H,21,25)/t10-/m0/s1. The van der Waals surface area contributed by atoms with Crippen LogP contribution in [0.5, 0.6) is 0 Å². The molecule has 0 fully saturated rings. The molecule has 3 aromatic rings. The Morgan fingerprint density at radius 1 is 1.29 bits per heavy atom. The zero-order valence-electron chi connectivity index (χ0n) is 14.6. The molecule has 0 aliphatic rings. The topological polar surface area (TPSA) is 94.3 Å². The zero-order chi connectivity index (χ0) is 20.1. The minimum atomic E-state index is -1.12. The van der Waals surface area contributed by atoms with Crippen molar-refractivity contribution < 1.29 is 27.6 Å². The molecule has 1 atom stereocenters. The number of halogens is 2. The lowest BCUT2D eigenvalue weighted by molar-refractivity contribution is -0.153. The number of aryl methyl sites for hydroxylation is 1. The monoisotopic (exact) mass is 407 g/mol. The lowest BCUT2D eigenvalue weighted by atomic mass is 10.2. The maximum absolute atomic E-state index is 13.2. The van der Waals surface area contributed by atoms with E-state index in [1.54, 1.807) is 0 Å². The summed E-state index contributed by atoms with van der Waals surface area (Å²) in [6.45, 7) is 1.37. The van der Waals surface area contributed by atoms with Gasteiger partial charge in [-0.25, -0.2) is 8.78 Å². The van der Waals surface area contributed by atoms with E-state index in [4.69, 9.17) is 9.26 Å². The van der Waals surface area contributed by atoms with Crippen LogP contribution in [0.15, 0.2) is 40.2 Å². The molecule has 28 heavy (non-hydrogen) atoms. The van der Waals surface area contributed by atoms with Crippen LogP contribution < -0.4 is 5.32 Å². The van der Waals surface area contributed by atoms with Crippen LogP contribution in [0.3, 0.4) is 0 Å². The molecular formula is C18H15F2N3O4S. The number of carbonyl (C=O) groups is 2. The molecule has 2 aromatic heterocycles. The largest absolute Gasteiger partial charge is 0.453 e. The lowest BCUT2D eigenvalue weighted by Crippen LogP contribution is -2.30. The van der Waals surface area contributed by atoms with Crippen molar-refractivity contribution in [2.24, 2.45) is 0 Å². The fraction of sp³-hybridized carbons (Fsp3) is 0.222. The molecule has 1 N–H and O–H groups in total. The Bertz CT molecular complexity index is 975. The molecule has 0 aliphatic heterocycles. The first-order valence-corrected chi connectivity index (χ1v) is 9.12. The molecule has 0 aliphatic carbocycles. The first-order valence-electron chi connectivity index (χ1n) is 8.24. The Kier molecular flexibility index (Phi) is 6.09. The molecule has 0 saturated carbocycles. The van der Waals surface area contributed by atoms with E-state index in [0.29, 0.717) is 5.82 Å². The summed E-state index contributed by atoms with van der Waals surface area (Å²) >= 11 is 1.46. The molecule has 2 heterocycles. The lowest BCUT2D eigenvalue weighted by Gasteiger charge is -2.13. The van der Waals surface area contributed by atoms with Crippen LogP contribution in [0.25, 0.3) is 10.7 Å². The second-order valence-electron chi connectivity index (χ2n) is 5.74. The van der Waals surface area contributed by atoms with Crippen molar-refractivity contribution in [1.82, 2.24) is 10.1 Å². The molecule has 0 saturated heterocycles. The number of nitrogens with one attached hydrogen (secondary N) is 1. The van der Waals surface area contributed by atoms with Gasteiger partial charge in [0, 0.05) is 18.2 Å². The van der Waals surface area contributed by atoms with Crippen molar-refractivity contribution >= 4 is 28.9 Å². The smallest absolute Gasteiger partial charge is 0.307 e. The summed E-state index contributed by atoms with van der Waals surface area (Å²) < 4.78 is 36.2. The number of benzene rings is 1. The number of hydrogen-bond donors (Lipinski definition) is 1. The number of anilines is 1. The van der Waals surface area contributed by atoms with Gasteiger partial charge in [-0.1, -0.05) is 11.2 Å². The first kappa shape index (κ1) is 19.6. The van der Waals surface area contributed by atoms with Crippen LogP contribution in [0.4, 0.5) is 14.5 Å². The predicted molar refractivity (Wildman–Crippen MR) is 96.5 cm³/mol. The van der Waals surface area contributed by atoms with Crippen molar-refractivity contribution in [3.8, 4) is 10.7 Å². The van der Waals surface area contributed by atoms with Crippen LogP contribution in [-0.2, 0) is 20.7 Å². The predicted octanol–water partition coefficient (Wildman–Crippen LogP) is 3.58. The highest BCUT2D eigenvalue weighted by atomic mass is 32.1. The third-order valence-corrected chi connectivity index (χ3v) is 4.48. The van der Waals surface area contributed by atoms with E-state index < -0.39 is 29.6 Å². The minimum Gasteiger partial charge on any atom is -0.453 e. The summed E-state index contributed by atoms with van der Waals surface area (Å²) in [7, 11) is 0. The number of nitrogens with zero attached hydrogens (tertiary/aromatic N) is 2. The van der Waals surface area contributed by atoms with Gasteiger partial charge in [-0.2, -0.15) is 4.98 Å². The van der Waals surface area contributed by atoms with Gasteiger partial charge in [-0.3, -0.25) is 9.59 Å². The number of thiophene rings is 1. The SMILES string of the molecule is C[C@H](OC(=O)CCc1nc(-c2cccs2)no1)C(=O)Nc1ccc(F)c(F)c1. The normalized spacial score (nSPS) is 11.8. The minimum absolute atomic E-state index is 0.0544. The van der Waals surface area contributed by atoms with E-state index in [0.717, 1.165) is 17.0 Å². The van der Waals surface area contributed by atoms with Gasteiger partial charge < -0.3 is 14.6 Å². The van der Waals surface area contributed by atoms with Gasteiger partial charge in [0.05, 0.1) is 11.3 Å². The summed E-state index contributed by atoms with van der Waals surface area (Å²) in [5, 5.41) is 8.07. The summed E-state index contributed by atoms with van der Waals surface area (Å²) in [6.07, 6.45) is -1.02.